The lowest BCUT2D eigenvalue weighted by Gasteiger charge is -2.15. The second kappa shape index (κ2) is 5.08. The molecule has 1 saturated carbocycles. The molecule has 0 radical (unpaired) electrons. The van der Waals surface area contributed by atoms with Gasteiger partial charge in [-0.05, 0) is 27.2 Å². The van der Waals surface area contributed by atoms with Crippen molar-refractivity contribution >= 4 is 29.1 Å². The third kappa shape index (κ3) is 2.47. The van der Waals surface area contributed by atoms with Gasteiger partial charge in [0.2, 0.25) is 5.91 Å². The molecule has 1 heterocycles. The fourth-order valence-corrected chi connectivity index (χ4v) is 2.96. The predicted molar refractivity (Wildman–Crippen MR) is 79.3 cm³/mol. The molecule has 0 aliphatic heterocycles. The molecule has 0 spiro atoms. The zero-order chi connectivity index (χ0) is 15.1. The highest BCUT2D eigenvalue weighted by atomic mass is 35.5. The number of amides is 1. The van der Waals surface area contributed by atoms with Crippen molar-refractivity contribution in [2.75, 3.05) is 7.11 Å². The molecule has 1 atom stereocenters. The normalized spacial score (nSPS) is 23.3. The van der Waals surface area contributed by atoms with Crippen molar-refractivity contribution in [3.05, 3.63) is 23.0 Å². The smallest absolute Gasteiger partial charge is 0.229 e. The zero-order valence-electron chi connectivity index (χ0n) is 12.0. The molecular weight excluding hydrogens is 299 g/mol. The lowest BCUT2D eigenvalue weighted by molar-refractivity contribution is -0.125. The summed E-state index contributed by atoms with van der Waals surface area (Å²) in [5, 5.41) is 2.84. The Kier molecular flexibility index (Phi) is 3.91. The van der Waals surface area contributed by atoms with Gasteiger partial charge in [0.25, 0.3) is 0 Å². The highest BCUT2D eigenvalue weighted by Crippen LogP contribution is 2.63. The molecule has 20 heavy (non-hydrogen) atoms. The van der Waals surface area contributed by atoms with Crippen LogP contribution in [0.3, 0.4) is 0 Å². The van der Waals surface area contributed by atoms with E-state index in [0.29, 0.717) is 13.0 Å². The van der Waals surface area contributed by atoms with E-state index in [2.05, 4.69) is 10.3 Å². The average molecular weight is 317 g/mol. The SMILES string of the molecule is COc1c(C)cnc(CNC(=O)[C@]2(C)CC2(Cl)Cl)c1C. The molecule has 1 aliphatic carbocycles. The number of aromatic nitrogens is 1. The molecule has 1 aromatic heterocycles. The number of nitrogens with one attached hydrogen (secondary N) is 1. The Balaban J connectivity index is 2.07. The van der Waals surface area contributed by atoms with Crippen LogP contribution in [0.2, 0.25) is 0 Å². The van der Waals surface area contributed by atoms with Crippen LogP contribution >= 0.6 is 23.2 Å². The monoisotopic (exact) mass is 316 g/mol. The number of alkyl halides is 2. The molecule has 4 nitrogen and oxygen atoms in total. The quantitative estimate of drug-likeness (QED) is 0.869. The van der Waals surface area contributed by atoms with Crippen molar-refractivity contribution in [1.82, 2.24) is 10.3 Å². The fourth-order valence-electron chi connectivity index (χ4n) is 2.25. The second-order valence-electron chi connectivity index (χ2n) is 5.44. The summed E-state index contributed by atoms with van der Waals surface area (Å²) in [6, 6.07) is 0. The maximum Gasteiger partial charge on any atom is 0.229 e. The van der Waals surface area contributed by atoms with E-state index < -0.39 is 9.75 Å². The molecule has 110 valence electrons. The molecule has 6 heteroatoms. The van der Waals surface area contributed by atoms with Crippen molar-refractivity contribution in [3.8, 4) is 5.75 Å². The Morgan fingerprint density at radius 2 is 2.10 bits per heavy atom. The van der Waals surface area contributed by atoms with Crippen LogP contribution in [-0.2, 0) is 11.3 Å². The Labute approximate surface area is 128 Å². The van der Waals surface area contributed by atoms with Crippen LogP contribution in [-0.4, -0.2) is 22.3 Å². The number of rotatable bonds is 4. The van der Waals surface area contributed by atoms with Gasteiger partial charge in [-0.1, -0.05) is 0 Å². The summed E-state index contributed by atoms with van der Waals surface area (Å²) < 4.78 is 4.39. The van der Waals surface area contributed by atoms with Gasteiger partial charge in [-0.2, -0.15) is 0 Å². The van der Waals surface area contributed by atoms with E-state index in [-0.39, 0.29) is 5.91 Å². The molecule has 1 N–H and O–H groups in total. The number of hydrogen-bond donors (Lipinski definition) is 1. The summed E-state index contributed by atoms with van der Waals surface area (Å²) in [5.41, 5.74) is 1.96. The Hall–Kier alpha value is -1.000. The number of aryl methyl sites for hydroxylation is 1. The van der Waals surface area contributed by atoms with Crippen LogP contribution in [0.1, 0.15) is 30.2 Å². The Morgan fingerprint density at radius 3 is 2.60 bits per heavy atom. The molecule has 1 aliphatic rings. The van der Waals surface area contributed by atoms with Gasteiger partial charge in [0.15, 0.2) is 0 Å². The van der Waals surface area contributed by atoms with Crippen molar-refractivity contribution in [2.24, 2.45) is 5.41 Å². The van der Waals surface area contributed by atoms with Crippen LogP contribution in [0.4, 0.5) is 0 Å². The van der Waals surface area contributed by atoms with Crippen molar-refractivity contribution in [3.63, 3.8) is 0 Å². The number of hydrogen-bond acceptors (Lipinski definition) is 3. The fraction of sp³-hybridized carbons (Fsp3) is 0.571. The summed E-state index contributed by atoms with van der Waals surface area (Å²) in [6.45, 7) is 5.95. The number of pyridine rings is 1. The summed E-state index contributed by atoms with van der Waals surface area (Å²) in [6.07, 6.45) is 2.21. The summed E-state index contributed by atoms with van der Waals surface area (Å²) in [7, 11) is 1.62. The lowest BCUT2D eigenvalue weighted by Crippen LogP contribution is -2.33. The standard InChI is InChI=1S/C14H18Cl2N2O2/c1-8-5-17-10(9(2)11(8)20-4)6-18-12(19)13(3)7-14(13,15)16/h5H,6-7H2,1-4H3,(H,18,19)/t13-/m0/s1. The number of nitrogens with zero attached hydrogens (tertiary/aromatic N) is 1. The first-order chi connectivity index (χ1) is 9.23. The molecule has 0 bridgehead atoms. The third-order valence-electron chi connectivity index (χ3n) is 3.93. The van der Waals surface area contributed by atoms with Gasteiger partial charge in [0, 0.05) is 17.3 Å². The minimum atomic E-state index is -0.954. The van der Waals surface area contributed by atoms with Crippen LogP contribution in [0.25, 0.3) is 0 Å². The molecule has 1 amide bonds. The first-order valence-electron chi connectivity index (χ1n) is 6.38. The maximum atomic E-state index is 12.1. The Morgan fingerprint density at radius 1 is 1.50 bits per heavy atom. The van der Waals surface area contributed by atoms with Gasteiger partial charge in [0.05, 0.1) is 24.8 Å². The number of ether oxygens (including phenoxy) is 1. The van der Waals surface area contributed by atoms with Gasteiger partial charge < -0.3 is 10.1 Å². The van der Waals surface area contributed by atoms with Crippen LogP contribution in [0.5, 0.6) is 5.75 Å². The molecule has 0 aromatic carbocycles. The van der Waals surface area contributed by atoms with E-state index in [1.54, 1.807) is 20.2 Å². The van der Waals surface area contributed by atoms with E-state index >= 15 is 0 Å². The van der Waals surface area contributed by atoms with Crippen LogP contribution in [0.15, 0.2) is 6.20 Å². The number of halogens is 2. The van der Waals surface area contributed by atoms with E-state index in [0.717, 1.165) is 22.6 Å². The lowest BCUT2D eigenvalue weighted by atomic mass is 10.1. The minimum absolute atomic E-state index is 0.150. The van der Waals surface area contributed by atoms with Gasteiger partial charge in [0.1, 0.15) is 10.1 Å². The highest BCUT2D eigenvalue weighted by Gasteiger charge is 2.67. The van der Waals surface area contributed by atoms with Gasteiger partial charge in [-0.25, -0.2) is 0 Å². The first-order valence-corrected chi connectivity index (χ1v) is 7.14. The van der Waals surface area contributed by atoms with Gasteiger partial charge in [-0.3, -0.25) is 9.78 Å². The van der Waals surface area contributed by atoms with E-state index in [1.165, 1.54) is 0 Å². The van der Waals surface area contributed by atoms with Gasteiger partial charge in [-0.15, -0.1) is 23.2 Å². The predicted octanol–water partition coefficient (Wildman–Crippen LogP) is 2.91. The summed E-state index contributed by atoms with van der Waals surface area (Å²) in [5.74, 6) is 0.647. The molecule has 1 aromatic rings. The molecule has 0 saturated heterocycles. The van der Waals surface area contributed by atoms with Gasteiger partial charge >= 0.3 is 0 Å². The van der Waals surface area contributed by atoms with Crippen LogP contribution in [0, 0.1) is 19.3 Å². The minimum Gasteiger partial charge on any atom is -0.496 e. The summed E-state index contributed by atoms with van der Waals surface area (Å²) in [4.78, 5) is 16.4. The van der Waals surface area contributed by atoms with Crippen molar-refractivity contribution < 1.29 is 9.53 Å². The Bertz CT molecular complexity index is 560. The average Bonchev–Trinajstić information content (AvgIpc) is 2.89. The van der Waals surface area contributed by atoms with Crippen LogP contribution < -0.4 is 10.1 Å². The molecule has 2 rings (SSSR count). The maximum absolute atomic E-state index is 12.1. The van der Waals surface area contributed by atoms with Crippen molar-refractivity contribution in [2.45, 2.75) is 38.1 Å². The molecule has 1 fully saturated rings. The molecule has 0 unspecified atom stereocenters. The van der Waals surface area contributed by atoms with E-state index in [1.807, 2.05) is 13.8 Å². The first kappa shape index (κ1) is 15.4. The topological polar surface area (TPSA) is 51.2 Å². The van der Waals surface area contributed by atoms with Crippen molar-refractivity contribution in [1.29, 1.82) is 0 Å². The second-order valence-corrected chi connectivity index (χ2v) is 6.93. The highest BCUT2D eigenvalue weighted by molar-refractivity contribution is 6.53. The zero-order valence-corrected chi connectivity index (χ0v) is 13.5. The third-order valence-corrected chi connectivity index (χ3v) is 5.03. The van der Waals surface area contributed by atoms with E-state index in [4.69, 9.17) is 27.9 Å². The number of carbonyl (C=O) groups is 1. The number of carbonyl (C=O) groups excluding carboxylic acids is 1. The number of methoxy groups -OCH3 is 1. The molecular formula is C14H18Cl2N2O2. The van der Waals surface area contributed by atoms with E-state index in [9.17, 15) is 4.79 Å². The largest absolute Gasteiger partial charge is 0.496 e. The summed E-state index contributed by atoms with van der Waals surface area (Å²) >= 11 is 12.0.